The Labute approximate surface area is 131 Å². The molecule has 1 aliphatic heterocycles. The third-order valence-corrected chi connectivity index (χ3v) is 4.47. The Morgan fingerprint density at radius 1 is 1.09 bits per heavy atom. The van der Waals surface area contributed by atoms with Crippen LogP contribution in [-0.2, 0) is 11.2 Å². The van der Waals surface area contributed by atoms with Gasteiger partial charge >= 0.3 is 0 Å². The van der Waals surface area contributed by atoms with E-state index in [2.05, 4.69) is 41.7 Å². The van der Waals surface area contributed by atoms with Crippen LogP contribution in [0, 0.1) is 5.41 Å². The highest BCUT2D eigenvalue weighted by atomic mass is 16.3. The van der Waals surface area contributed by atoms with Gasteiger partial charge in [0.25, 0.3) is 0 Å². The first-order valence-electron chi connectivity index (χ1n) is 7.67. The van der Waals surface area contributed by atoms with Crippen molar-refractivity contribution in [3.63, 3.8) is 0 Å². The predicted octanol–water partition coefficient (Wildman–Crippen LogP) is 2.78. The van der Waals surface area contributed by atoms with Crippen LogP contribution in [0.4, 0.5) is 0 Å². The van der Waals surface area contributed by atoms with E-state index in [-0.39, 0.29) is 18.6 Å². The first-order valence-corrected chi connectivity index (χ1v) is 7.67. The molecular weight excluding hydrogens is 274 g/mol. The minimum atomic E-state index is -0.630. The molecule has 2 aromatic carbocycles. The fourth-order valence-corrected chi connectivity index (χ4v) is 3.06. The summed E-state index contributed by atoms with van der Waals surface area (Å²) in [4.78, 5) is 11.9. The van der Waals surface area contributed by atoms with E-state index in [1.54, 1.807) is 0 Å². The molecule has 1 saturated heterocycles. The van der Waals surface area contributed by atoms with Crippen LogP contribution in [-0.4, -0.2) is 23.7 Å². The summed E-state index contributed by atoms with van der Waals surface area (Å²) >= 11 is 0. The maximum Gasteiger partial charge on any atom is 0.228 e. The van der Waals surface area contributed by atoms with Crippen molar-refractivity contribution in [1.82, 2.24) is 5.32 Å². The third kappa shape index (κ3) is 2.90. The van der Waals surface area contributed by atoms with Gasteiger partial charge in [-0.1, -0.05) is 54.6 Å². The van der Waals surface area contributed by atoms with Crippen LogP contribution < -0.4 is 5.32 Å². The van der Waals surface area contributed by atoms with E-state index in [4.69, 9.17) is 0 Å². The fourth-order valence-electron chi connectivity index (χ4n) is 3.06. The number of hydrogen-bond acceptors (Lipinski definition) is 2. The van der Waals surface area contributed by atoms with Crippen LogP contribution in [0.3, 0.4) is 0 Å². The first-order chi connectivity index (χ1) is 10.6. The molecular formula is C19H21NO2. The molecule has 22 heavy (non-hydrogen) atoms. The Morgan fingerprint density at radius 3 is 2.32 bits per heavy atom. The SMILES string of the molecule is C[C@@]1(CO)C[C@@H](Cc2ccc(-c3ccccc3)cc2)NC1=O. The number of rotatable bonds is 4. The molecule has 0 spiro atoms. The van der Waals surface area contributed by atoms with E-state index in [9.17, 15) is 9.90 Å². The Bertz CT molecular complexity index is 651. The molecule has 2 atom stereocenters. The van der Waals surface area contributed by atoms with Crippen molar-refractivity contribution in [2.24, 2.45) is 5.41 Å². The Hall–Kier alpha value is -2.13. The van der Waals surface area contributed by atoms with Gasteiger partial charge in [0, 0.05) is 6.04 Å². The second kappa shape index (κ2) is 5.93. The van der Waals surface area contributed by atoms with Gasteiger partial charge in [0.05, 0.1) is 12.0 Å². The van der Waals surface area contributed by atoms with Crippen LogP contribution in [0.25, 0.3) is 11.1 Å². The van der Waals surface area contributed by atoms with E-state index in [0.29, 0.717) is 6.42 Å². The minimum Gasteiger partial charge on any atom is -0.395 e. The van der Waals surface area contributed by atoms with Crippen LogP contribution in [0.15, 0.2) is 54.6 Å². The zero-order valence-corrected chi connectivity index (χ0v) is 12.8. The topological polar surface area (TPSA) is 49.3 Å². The Balaban J connectivity index is 1.69. The van der Waals surface area contributed by atoms with Gasteiger partial charge in [0.1, 0.15) is 0 Å². The lowest BCUT2D eigenvalue weighted by molar-refractivity contribution is -0.128. The van der Waals surface area contributed by atoms with Gasteiger partial charge in [-0.15, -0.1) is 0 Å². The van der Waals surface area contributed by atoms with Crippen molar-refractivity contribution in [2.75, 3.05) is 6.61 Å². The lowest BCUT2D eigenvalue weighted by atomic mass is 9.87. The Kier molecular flexibility index (Phi) is 3.99. The summed E-state index contributed by atoms with van der Waals surface area (Å²) in [5, 5.41) is 12.4. The summed E-state index contributed by atoms with van der Waals surface area (Å²) < 4.78 is 0. The number of benzene rings is 2. The molecule has 3 nitrogen and oxygen atoms in total. The lowest BCUT2D eigenvalue weighted by Crippen LogP contribution is -2.32. The molecule has 0 radical (unpaired) electrons. The number of aliphatic hydroxyl groups excluding tert-OH is 1. The van der Waals surface area contributed by atoms with Gasteiger partial charge in [-0.25, -0.2) is 0 Å². The standard InChI is InChI=1S/C19H21NO2/c1-19(13-21)12-17(20-18(19)22)11-14-7-9-16(10-8-14)15-5-3-2-4-6-15/h2-10,17,21H,11-13H2,1H3,(H,20,22)/t17-,19+/m1/s1. The van der Waals surface area contributed by atoms with Crippen molar-refractivity contribution in [1.29, 1.82) is 0 Å². The summed E-state index contributed by atoms with van der Waals surface area (Å²) in [5.41, 5.74) is 2.97. The van der Waals surface area contributed by atoms with E-state index in [1.165, 1.54) is 16.7 Å². The monoisotopic (exact) mass is 295 g/mol. The molecule has 0 aromatic heterocycles. The molecule has 3 heteroatoms. The molecule has 0 aliphatic carbocycles. The molecule has 3 rings (SSSR count). The van der Waals surface area contributed by atoms with Gasteiger partial charge in [0.15, 0.2) is 0 Å². The van der Waals surface area contributed by atoms with Crippen molar-refractivity contribution in [2.45, 2.75) is 25.8 Å². The van der Waals surface area contributed by atoms with Crippen LogP contribution >= 0.6 is 0 Å². The van der Waals surface area contributed by atoms with Gasteiger partial charge < -0.3 is 10.4 Å². The number of carbonyl (C=O) groups excluding carboxylic acids is 1. The summed E-state index contributed by atoms with van der Waals surface area (Å²) in [6.45, 7) is 1.73. The summed E-state index contributed by atoms with van der Waals surface area (Å²) in [6.07, 6.45) is 1.49. The molecule has 1 aliphatic rings. The number of amides is 1. The lowest BCUT2D eigenvalue weighted by Gasteiger charge is -2.16. The molecule has 2 N–H and O–H groups in total. The molecule has 114 valence electrons. The highest BCUT2D eigenvalue weighted by Gasteiger charge is 2.42. The molecule has 0 saturated carbocycles. The molecule has 2 aromatic rings. The molecule has 0 bridgehead atoms. The molecule has 1 heterocycles. The van der Waals surface area contributed by atoms with Gasteiger partial charge in [-0.05, 0) is 36.5 Å². The van der Waals surface area contributed by atoms with E-state index < -0.39 is 5.41 Å². The van der Waals surface area contributed by atoms with Crippen molar-refractivity contribution in [3.05, 3.63) is 60.2 Å². The smallest absolute Gasteiger partial charge is 0.228 e. The van der Waals surface area contributed by atoms with Crippen molar-refractivity contribution < 1.29 is 9.90 Å². The van der Waals surface area contributed by atoms with Crippen molar-refractivity contribution >= 4 is 5.91 Å². The second-order valence-electron chi connectivity index (χ2n) is 6.36. The average Bonchev–Trinajstić information content (AvgIpc) is 2.84. The maximum atomic E-state index is 11.9. The number of nitrogens with one attached hydrogen (secondary N) is 1. The quantitative estimate of drug-likeness (QED) is 0.911. The van der Waals surface area contributed by atoms with Crippen molar-refractivity contribution in [3.8, 4) is 11.1 Å². The van der Waals surface area contributed by atoms with Gasteiger partial charge in [-0.2, -0.15) is 0 Å². The molecule has 1 fully saturated rings. The van der Waals surface area contributed by atoms with Gasteiger partial charge in [0.2, 0.25) is 5.91 Å². The summed E-state index contributed by atoms with van der Waals surface area (Å²) in [7, 11) is 0. The second-order valence-corrected chi connectivity index (χ2v) is 6.36. The number of carbonyl (C=O) groups is 1. The normalized spacial score (nSPS) is 24.3. The van der Waals surface area contributed by atoms with Crippen LogP contribution in [0.5, 0.6) is 0 Å². The summed E-state index contributed by atoms with van der Waals surface area (Å²) in [6, 6.07) is 18.8. The Morgan fingerprint density at radius 2 is 1.73 bits per heavy atom. The third-order valence-electron chi connectivity index (χ3n) is 4.47. The number of aliphatic hydroxyl groups is 1. The zero-order valence-electron chi connectivity index (χ0n) is 12.8. The van der Waals surface area contributed by atoms with E-state index >= 15 is 0 Å². The highest BCUT2D eigenvalue weighted by Crippen LogP contribution is 2.30. The average molecular weight is 295 g/mol. The molecule has 1 amide bonds. The molecule has 0 unspecified atom stereocenters. The van der Waals surface area contributed by atoms with Gasteiger partial charge in [-0.3, -0.25) is 4.79 Å². The summed E-state index contributed by atoms with van der Waals surface area (Å²) in [5.74, 6) is -0.0408. The zero-order chi connectivity index (χ0) is 15.6. The van der Waals surface area contributed by atoms with Crippen LogP contribution in [0.2, 0.25) is 0 Å². The first kappa shape index (κ1) is 14.8. The maximum absolute atomic E-state index is 11.9. The fraction of sp³-hybridized carbons (Fsp3) is 0.316. The number of hydrogen-bond donors (Lipinski definition) is 2. The minimum absolute atomic E-state index is 0.0408. The predicted molar refractivity (Wildman–Crippen MR) is 87.3 cm³/mol. The van der Waals surface area contributed by atoms with E-state index in [0.717, 1.165) is 6.42 Å². The highest BCUT2D eigenvalue weighted by molar-refractivity contribution is 5.85. The largest absolute Gasteiger partial charge is 0.395 e. The van der Waals surface area contributed by atoms with Crippen LogP contribution in [0.1, 0.15) is 18.9 Å². The van der Waals surface area contributed by atoms with E-state index in [1.807, 2.05) is 25.1 Å².